The molecule has 4 rings (SSSR count). The van der Waals surface area contributed by atoms with Crippen molar-refractivity contribution in [2.24, 2.45) is 0 Å². The molecule has 0 radical (unpaired) electrons. The van der Waals surface area contributed by atoms with Gasteiger partial charge in [-0.05, 0) is 36.2 Å². The number of methoxy groups -OCH3 is 1. The van der Waals surface area contributed by atoms with Crippen molar-refractivity contribution < 1.29 is 18.9 Å². The van der Waals surface area contributed by atoms with Gasteiger partial charge in [-0.25, -0.2) is 0 Å². The Bertz CT molecular complexity index is 986. The highest BCUT2D eigenvalue weighted by Gasteiger charge is 2.14. The molecular formula is C24H25NO4. The number of para-hydroxylation sites is 1. The van der Waals surface area contributed by atoms with Crippen molar-refractivity contribution in [3.63, 3.8) is 0 Å². The molecule has 3 aromatic rings. The number of rotatable bonds is 8. The van der Waals surface area contributed by atoms with Gasteiger partial charge in [0.2, 0.25) is 6.79 Å². The first-order valence-corrected chi connectivity index (χ1v) is 9.66. The van der Waals surface area contributed by atoms with E-state index in [4.69, 9.17) is 18.9 Å². The van der Waals surface area contributed by atoms with Crippen LogP contribution in [-0.2, 0) is 19.7 Å². The summed E-state index contributed by atoms with van der Waals surface area (Å²) in [6.45, 7) is 4.24. The third kappa shape index (κ3) is 4.63. The van der Waals surface area contributed by atoms with E-state index in [1.807, 2.05) is 36.4 Å². The van der Waals surface area contributed by atoms with E-state index in [9.17, 15) is 0 Å². The van der Waals surface area contributed by atoms with Gasteiger partial charge in [-0.2, -0.15) is 0 Å². The Morgan fingerprint density at radius 2 is 1.76 bits per heavy atom. The van der Waals surface area contributed by atoms with Crippen LogP contribution in [0.15, 0.2) is 60.7 Å². The van der Waals surface area contributed by atoms with Crippen LogP contribution in [-0.4, -0.2) is 13.9 Å². The monoisotopic (exact) mass is 391 g/mol. The molecule has 0 aromatic heterocycles. The van der Waals surface area contributed by atoms with Crippen LogP contribution >= 0.6 is 0 Å². The average Bonchev–Trinajstić information content (AvgIpc) is 3.20. The van der Waals surface area contributed by atoms with E-state index in [0.29, 0.717) is 19.7 Å². The molecule has 3 aromatic carbocycles. The topological polar surface area (TPSA) is 49.0 Å². The predicted octanol–water partition coefficient (Wildman–Crippen LogP) is 4.60. The van der Waals surface area contributed by atoms with Crippen molar-refractivity contribution in [3.05, 3.63) is 82.9 Å². The molecule has 29 heavy (non-hydrogen) atoms. The van der Waals surface area contributed by atoms with Gasteiger partial charge in [0.1, 0.15) is 6.61 Å². The molecular weight excluding hydrogens is 366 g/mol. The fourth-order valence-corrected chi connectivity index (χ4v) is 3.37. The lowest BCUT2D eigenvalue weighted by Crippen LogP contribution is -2.14. The molecule has 0 spiro atoms. The van der Waals surface area contributed by atoms with E-state index in [-0.39, 0.29) is 6.79 Å². The van der Waals surface area contributed by atoms with Crippen LogP contribution in [0.4, 0.5) is 0 Å². The molecule has 1 N–H and O–H groups in total. The highest BCUT2D eigenvalue weighted by atomic mass is 16.7. The first-order valence-electron chi connectivity index (χ1n) is 9.66. The fraction of sp³-hybridized carbons (Fsp3) is 0.250. The summed E-state index contributed by atoms with van der Waals surface area (Å²) in [6.07, 6.45) is 0. The smallest absolute Gasteiger partial charge is 0.231 e. The van der Waals surface area contributed by atoms with Gasteiger partial charge in [-0.1, -0.05) is 48.0 Å². The van der Waals surface area contributed by atoms with E-state index in [1.165, 1.54) is 5.56 Å². The predicted molar refractivity (Wildman–Crippen MR) is 112 cm³/mol. The van der Waals surface area contributed by atoms with Crippen molar-refractivity contribution in [1.82, 2.24) is 5.32 Å². The first-order chi connectivity index (χ1) is 14.2. The standard InChI is InChI=1S/C24H25NO4/c1-17-5-3-6-19(11-17)15-27-24-20(7-4-8-22(24)26-2)14-25-13-18-9-10-21-23(12-18)29-16-28-21/h3-12,25H,13-16H2,1-2H3. The summed E-state index contributed by atoms with van der Waals surface area (Å²) in [5.41, 5.74) is 4.55. The Morgan fingerprint density at radius 3 is 2.62 bits per heavy atom. The van der Waals surface area contributed by atoms with Crippen LogP contribution in [0.2, 0.25) is 0 Å². The zero-order valence-corrected chi connectivity index (χ0v) is 16.7. The number of aryl methyl sites for hydroxylation is 1. The summed E-state index contributed by atoms with van der Waals surface area (Å²) in [5.74, 6) is 3.11. The molecule has 150 valence electrons. The number of hydrogen-bond acceptors (Lipinski definition) is 5. The van der Waals surface area contributed by atoms with Crippen molar-refractivity contribution in [2.75, 3.05) is 13.9 Å². The minimum absolute atomic E-state index is 0.289. The third-order valence-electron chi connectivity index (χ3n) is 4.83. The minimum atomic E-state index is 0.289. The molecule has 0 unspecified atom stereocenters. The lowest BCUT2D eigenvalue weighted by molar-refractivity contribution is 0.174. The maximum absolute atomic E-state index is 6.16. The van der Waals surface area contributed by atoms with Gasteiger partial charge in [0.05, 0.1) is 7.11 Å². The van der Waals surface area contributed by atoms with E-state index < -0.39 is 0 Å². The maximum Gasteiger partial charge on any atom is 0.231 e. The Balaban J connectivity index is 1.42. The molecule has 0 amide bonds. The number of nitrogens with one attached hydrogen (secondary N) is 1. The van der Waals surface area contributed by atoms with Gasteiger partial charge in [0.15, 0.2) is 23.0 Å². The summed E-state index contributed by atoms with van der Waals surface area (Å²) in [7, 11) is 1.67. The molecule has 5 nitrogen and oxygen atoms in total. The Hall–Kier alpha value is -3.18. The highest BCUT2D eigenvalue weighted by Crippen LogP contribution is 2.33. The molecule has 0 atom stereocenters. The quantitative estimate of drug-likeness (QED) is 0.608. The normalized spacial score (nSPS) is 12.1. The van der Waals surface area contributed by atoms with Gasteiger partial charge in [-0.3, -0.25) is 0 Å². The first kappa shape index (κ1) is 19.2. The molecule has 1 aliphatic rings. The summed E-state index contributed by atoms with van der Waals surface area (Å²) in [5, 5.41) is 3.48. The lowest BCUT2D eigenvalue weighted by atomic mass is 10.1. The van der Waals surface area contributed by atoms with Crippen molar-refractivity contribution in [1.29, 1.82) is 0 Å². The van der Waals surface area contributed by atoms with E-state index >= 15 is 0 Å². The largest absolute Gasteiger partial charge is 0.493 e. The summed E-state index contributed by atoms with van der Waals surface area (Å²) < 4.78 is 22.5. The molecule has 5 heteroatoms. The van der Waals surface area contributed by atoms with Crippen LogP contribution in [0.1, 0.15) is 22.3 Å². The molecule has 0 saturated carbocycles. The van der Waals surface area contributed by atoms with Gasteiger partial charge in [0, 0.05) is 18.7 Å². The number of ether oxygens (including phenoxy) is 4. The average molecular weight is 391 g/mol. The van der Waals surface area contributed by atoms with Crippen LogP contribution in [0, 0.1) is 6.92 Å². The van der Waals surface area contributed by atoms with Gasteiger partial charge < -0.3 is 24.3 Å². The zero-order chi connectivity index (χ0) is 20.1. The van der Waals surface area contributed by atoms with Crippen molar-refractivity contribution in [2.45, 2.75) is 26.6 Å². The number of benzene rings is 3. The molecule has 1 aliphatic heterocycles. The van der Waals surface area contributed by atoms with Crippen molar-refractivity contribution >= 4 is 0 Å². The zero-order valence-electron chi connectivity index (χ0n) is 16.7. The molecule has 1 heterocycles. The van der Waals surface area contributed by atoms with Crippen LogP contribution in [0.3, 0.4) is 0 Å². The summed E-state index contributed by atoms with van der Waals surface area (Å²) in [6, 6.07) is 20.3. The Morgan fingerprint density at radius 1 is 0.897 bits per heavy atom. The molecule has 0 aliphatic carbocycles. The molecule has 0 bridgehead atoms. The minimum Gasteiger partial charge on any atom is -0.493 e. The fourth-order valence-electron chi connectivity index (χ4n) is 3.37. The van der Waals surface area contributed by atoms with Crippen LogP contribution in [0.25, 0.3) is 0 Å². The number of hydrogen-bond donors (Lipinski definition) is 1. The second-order valence-corrected chi connectivity index (χ2v) is 7.02. The SMILES string of the molecule is COc1cccc(CNCc2ccc3c(c2)OCO3)c1OCc1cccc(C)c1. The lowest BCUT2D eigenvalue weighted by Gasteiger charge is -2.16. The second kappa shape index (κ2) is 8.88. The van der Waals surface area contributed by atoms with Crippen LogP contribution < -0.4 is 24.3 Å². The number of fused-ring (bicyclic) bond motifs is 1. The molecule has 0 fully saturated rings. The Labute approximate surface area is 171 Å². The summed E-state index contributed by atoms with van der Waals surface area (Å²) in [4.78, 5) is 0. The maximum atomic E-state index is 6.16. The van der Waals surface area contributed by atoms with Gasteiger partial charge in [-0.15, -0.1) is 0 Å². The van der Waals surface area contributed by atoms with Gasteiger partial charge in [0.25, 0.3) is 0 Å². The van der Waals surface area contributed by atoms with Gasteiger partial charge >= 0.3 is 0 Å². The highest BCUT2D eigenvalue weighted by molar-refractivity contribution is 5.47. The van der Waals surface area contributed by atoms with E-state index in [2.05, 4.69) is 36.5 Å². The van der Waals surface area contributed by atoms with E-state index in [0.717, 1.165) is 39.7 Å². The summed E-state index contributed by atoms with van der Waals surface area (Å²) >= 11 is 0. The second-order valence-electron chi connectivity index (χ2n) is 7.02. The van der Waals surface area contributed by atoms with Crippen molar-refractivity contribution in [3.8, 4) is 23.0 Å². The Kier molecular flexibility index (Phi) is 5.86. The third-order valence-corrected chi connectivity index (χ3v) is 4.83. The van der Waals surface area contributed by atoms with E-state index in [1.54, 1.807) is 7.11 Å². The van der Waals surface area contributed by atoms with Crippen LogP contribution in [0.5, 0.6) is 23.0 Å². The molecule has 0 saturated heterocycles.